The van der Waals surface area contributed by atoms with Crippen LogP contribution in [0.15, 0.2) is 53.2 Å². The zero-order valence-corrected chi connectivity index (χ0v) is 10.9. The Hall–Kier alpha value is -2.42. The Balaban J connectivity index is 2.05. The smallest absolute Gasteiger partial charge is 0.227 e. The van der Waals surface area contributed by atoms with Crippen LogP contribution >= 0.6 is 0 Å². The number of oxazole rings is 1. The number of hydrogen-bond donors (Lipinski definition) is 0. The molecule has 3 aromatic rings. The molecule has 0 radical (unpaired) electrons. The molecule has 3 nitrogen and oxygen atoms in total. The molecule has 3 heteroatoms. The van der Waals surface area contributed by atoms with E-state index in [1.54, 1.807) is 12.4 Å². The SMILES string of the molecule is Cc1ccc(-c2oc(-c3ccncc3)nc2C)cc1. The number of aryl methyl sites for hydroxylation is 2. The van der Waals surface area contributed by atoms with Gasteiger partial charge in [0, 0.05) is 23.5 Å². The van der Waals surface area contributed by atoms with Crippen LogP contribution in [-0.4, -0.2) is 9.97 Å². The van der Waals surface area contributed by atoms with E-state index < -0.39 is 0 Å². The molecule has 0 aliphatic rings. The first kappa shape index (κ1) is 11.7. The van der Waals surface area contributed by atoms with E-state index in [4.69, 9.17) is 4.42 Å². The zero-order chi connectivity index (χ0) is 13.2. The van der Waals surface area contributed by atoms with Gasteiger partial charge >= 0.3 is 0 Å². The van der Waals surface area contributed by atoms with Gasteiger partial charge in [-0.2, -0.15) is 0 Å². The summed E-state index contributed by atoms with van der Waals surface area (Å²) < 4.78 is 5.89. The molecule has 0 amide bonds. The van der Waals surface area contributed by atoms with Crippen LogP contribution in [0.2, 0.25) is 0 Å². The Morgan fingerprint density at radius 3 is 2.21 bits per heavy atom. The van der Waals surface area contributed by atoms with Gasteiger partial charge in [-0.1, -0.05) is 29.8 Å². The Morgan fingerprint density at radius 1 is 0.842 bits per heavy atom. The second kappa shape index (κ2) is 4.69. The molecular formula is C16H14N2O. The van der Waals surface area contributed by atoms with Gasteiger partial charge in [0.05, 0.1) is 5.69 Å². The minimum Gasteiger partial charge on any atom is -0.436 e. The van der Waals surface area contributed by atoms with Crippen molar-refractivity contribution in [3.05, 3.63) is 60.0 Å². The highest BCUT2D eigenvalue weighted by Crippen LogP contribution is 2.29. The van der Waals surface area contributed by atoms with Crippen molar-refractivity contribution < 1.29 is 4.42 Å². The van der Waals surface area contributed by atoms with Crippen molar-refractivity contribution in [3.63, 3.8) is 0 Å². The van der Waals surface area contributed by atoms with Crippen LogP contribution in [-0.2, 0) is 0 Å². The molecule has 0 bridgehead atoms. The molecular weight excluding hydrogens is 236 g/mol. The van der Waals surface area contributed by atoms with E-state index in [9.17, 15) is 0 Å². The van der Waals surface area contributed by atoms with Crippen molar-refractivity contribution in [1.29, 1.82) is 0 Å². The molecule has 1 aromatic carbocycles. The van der Waals surface area contributed by atoms with E-state index in [2.05, 4.69) is 41.2 Å². The maximum Gasteiger partial charge on any atom is 0.227 e. The maximum absolute atomic E-state index is 5.89. The predicted octanol–water partition coefficient (Wildman–Crippen LogP) is 4.02. The van der Waals surface area contributed by atoms with Crippen LogP contribution in [0.25, 0.3) is 22.8 Å². The summed E-state index contributed by atoms with van der Waals surface area (Å²) in [5.74, 6) is 1.46. The number of nitrogens with zero attached hydrogens (tertiary/aromatic N) is 2. The van der Waals surface area contributed by atoms with Gasteiger partial charge in [-0.25, -0.2) is 4.98 Å². The van der Waals surface area contributed by atoms with Crippen LogP contribution in [0, 0.1) is 13.8 Å². The second-order valence-electron chi connectivity index (χ2n) is 4.54. The standard InChI is InChI=1S/C16H14N2O/c1-11-3-5-13(6-4-11)15-12(2)18-16(19-15)14-7-9-17-10-8-14/h3-10H,1-2H3. The lowest BCUT2D eigenvalue weighted by molar-refractivity contribution is 0.588. The van der Waals surface area contributed by atoms with Crippen LogP contribution in [0.4, 0.5) is 0 Å². The highest BCUT2D eigenvalue weighted by Gasteiger charge is 2.12. The second-order valence-corrected chi connectivity index (χ2v) is 4.54. The number of rotatable bonds is 2. The summed E-state index contributed by atoms with van der Waals surface area (Å²) in [5.41, 5.74) is 4.12. The quantitative estimate of drug-likeness (QED) is 0.689. The van der Waals surface area contributed by atoms with E-state index in [0.29, 0.717) is 5.89 Å². The molecule has 0 saturated carbocycles. The maximum atomic E-state index is 5.89. The average molecular weight is 250 g/mol. The number of aromatic nitrogens is 2. The molecule has 0 fully saturated rings. The summed E-state index contributed by atoms with van der Waals surface area (Å²) in [6, 6.07) is 12.0. The fourth-order valence-corrected chi connectivity index (χ4v) is 1.99. The van der Waals surface area contributed by atoms with Crippen LogP contribution in [0.1, 0.15) is 11.3 Å². The molecule has 0 aliphatic carbocycles. The molecule has 0 atom stereocenters. The normalized spacial score (nSPS) is 10.6. The molecule has 3 rings (SSSR count). The van der Waals surface area contributed by atoms with Gasteiger partial charge in [-0.05, 0) is 26.0 Å². The number of hydrogen-bond acceptors (Lipinski definition) is 3. The lowest BCUT2D eigenvalue weighted by Gasteiger charge is -1.98. The average Bonchev–Trinajstić information content (AvgIpc) is 2.83. The van der Waals surface area contributed by atoms with Crippen molar-refractivity contribution >= 4 is 0 Å². The molecule has 0 N–H and O–H groups in total. The lowest BCUT2D eigenvalue weighted by Crippen LogP contribution is -1.79. The largest absolute Gasteiger partial charge is 0.436 e. The molecule has 94 valence electrons. The van der Waals surface area contributed by atoms with Gasteiger partial charge in [0.1, 0.15) is 0 Å². The van der Waals surface area contributed by atoms with Crippen molar-refractivity contribution in [2.24, 2.45) is 0 Å². The molecule has 0 spiro atoms. The van der Waals surface area contributed by atoms with E-state index in [1.165, 1.54) is 5.56 Å². The summed E-state index contributed by atoms with van der Waals surface area (Å²) in [6.07, 6.45) is 3.47. The van der Waals surface area contributed by atoms with Gasteiger partial charge in [-0.15, -0.1) is 0 Å². The van der Waals surface area contributed by atoms with E-state index >= 15 is 0 Å². The van der Waals surface area contributed by atoms with Crippen molar-refractivity contribution in [3.8, 4) is 22.8 Å². The van der Waals surface area contributed by atoms with Crippen molar-refractivity contribution in [2.45, 2.75) is 13.8 Å². The first-order valence-electron chi connectivity index (χ1n) is 6.19. The Bertz CT molecular complexity index is 685. The van der Waals surface area contributed by atoms with Gasteiger partial charge in [0.25, 0.3) is 0 Å². The van der Waals surface area contributed by atoms with Crippen LogP contribution in [0.3, 0.4) is 0 Å². The molecule has 0 aliphatic heterocycles. The van der Waals surface area contributed by atoms with Crippen molar-refractivity contribution in [1.82, 2.24) is 9.97 Å². The molecule has 2 aromatic heterocycles. The van der Waals surface area contributed by atoms with Gasteiger partial charge < -0.3 is 4.42 Å². The molecule has 2 heterocycles. The predicted molar refractivity (Wildman–Crippen MR) is 74.6 cm³/mol. The molecule has 0 unspecified atom stereocenters. The minimum atomic E-state index is 0.635. The zero-order valence-electron chi connectivity index (χ0n) is 10.9. The third kappa shape index (κ3) is 2.27. The monoisotopic (exact) mass is 250 g/mol. The highest BCUT2D eigenvalue weighted by molar-refractivity contribution is 5.63. The summed E-state index contributed by atoms with van der Waals surface area (Å²) in [5, 5.41) is 0. The molecule has 19 heavy (non-hydrogen) atoms. The Labute approximate surface area is 112 Å². The van der Waals surface area contributed by atoms with E-state index in [-0.39, 0.29) is 0 Å². The summed E-state index contributed by atoms with van der Waals surface area (Å²) in [7, 11) is 0. The highest BCUT2D eigenvalue weighted by atomic mass is 16.4. The van der Waals surface area contributed by atoms with Gasteiger partial charge in [-0.3, -0.25) is 4.98 Å². The fraction of sp³-hybridized carbons (Fsp3) is 0.125. The lowest BCUT2D eigenvalue weighted by atomic mass is 10.1. The number of pyridine rings is 1. The van der Waals surface area contributed by atoms with Gasteiger partial charge in [0.2, 0.25) is 5.89 Å². The first-order chi connectivity index (χ1) is 9.24. The summed E-state index contributed by atoms with van der Waals surface area (Å²) >= 11 is 0. The third-order valence-electron chi connectivity index (χ3n) is 3.04. The summed E-state index contributed by atoms with van der Waals surface area (Å²) in [4.78, 5) is 8.48. The summed E-state index contributed by atoms with van der Waals surface area (Å²) in [6.45, 7) is 4.03. The van der Waals surface area contributed by atoms with Crippen LogP contribution in [0.5, 0.6) is 0 Å². The molecule has 0 saturated heterocycles. The van der Waals surface area contributed by atoms with E-state index in [0.717, 1.165) is 22.6 Å². The first-order valence-corrected chi connectivity index (χ1v) is 6.19. The number of benzene rings is 1. The van der Waals surface area contributed by atoms with Crippen LogP contribution < -0.4 is 0 Å². The van der Waals surface area contributed by atoms with E-state index in [1.807, 2.05) is 19.1 Å². The topological polar surface area (TPSA) is 38.9 Å². The fourth-order valence-electron chi connectivity index (χ4n) is 1.99. The third-order valence-corrected chi connectivity index (χ3v) is 3.04. The van der Waals surface area contributed by atoms with Gasteiger partial charge in [0.15, 0.2) is 5.76 Å². The Kier molecular flexibility index (Phi) is 2.88. The Morgan fingerprint density at radius 2 is 1.53 bits per heavy atom. The van der Waals surface area contributed by atoms with Crippen molar-refractivity contribution in [2.75, 3.05) is 0 Å². The minimum absolute atomic E-state index is 0.635.